The second kappa shape index (κ2) is 8.66. The molecule has 0 bridgehead atoms. The van der Waals surface area contributed by atoms with Crippen LogP contribution in [0.5, 0.6) is 0 Å². The minimum Gasteiger partial charge on any atom is -0.632 e. The third-order valence-electron chi connectivity index (χ3n) is 2.78. The molecule has 0 saturated carbocycles. The van der Waals surface area contributed by atoms with Gasteiger partial charge in [0.15, 0.2) is 12.8 Å². The van der Waals surface area contributed by atoms with Gasteiger partial charge in [0.1, 0.15) is 0 Å². The number of aliphatic carboxylic acids is 1. The van der Waals surface area contributed by atoms with Crippen molar-refractivity contribution in [3.63, 3.8) is 0 Å². The molecule has 19 heavy (non-hydrogen) atoms. The Morgan fingerprint density at radius 3 is 2.16 bits per heavy atom. The van der Waals surface area contributed by atoms with Gasteiger partial charge in [0, 0.05) is 0 Å². The van der Waals surface area contributed by atoms with E-state index in [1.807, 2.05) is 0 Å². The zero-order valence-corrected chi connectivity index (χ0v) is 12.2. The predicted octanol–water partition coefficient (Wildman–Crippen LogP) is 1.88. The standard InChI is InChI=1S/C11H24NO6P/c1-2-3-4-5-6-7-8-12(15,9-11(13)14)10-19(16,17)18/h2-10H2,1H3,(H,13,14)(H2,16,17,18). The summed E-state index contributed by atoms with van der Waals surface area (Å²) >= 11 is 0. The fourth-order valence-corrected chi connectivity index (χ4v) is 2.88. The lowest BCUT2D eigenvalue weighted by Crippen LogP contribution is -2.47. The number of nitrogens with zero attached hydrogens (tertiary/aromatic N) is 1. The Kier molecular flexibility index (Phi) is 8.45. The van der Waals surface area contributed by atoms with E-state index in [0.29, 0.717) is 6.42 Å². The summed E-state index contributed by atoms with van der Waals surface area (Å²) in [7, 11) is -4.51. The predicted molar refractivity (Wildman–Crippen MR) is 71.3 cm³/mol. The van der Waals surface area contributed by atoms with Crippen LogP contribution in [-0.4, -0.2) is 44.9 Å². The molecule has 0 saturated heterocycles. The van der Waals surface area contributed by atoms with Crippen molar-refractivity contribution in [2.24, 2.45) is 0 Å². The van der Waals surface area contributed by atoms with Crippen molar-refractivity contribution < 1.29 is 28.9 Å². The highest BCUT2D eigenvalue weighted by atomic mass is 31.2. The Morgan fingerprint density at radius 2 is 1.68 bits per heavy atom. The molecule has 1 unspecified atom stereocenters. The average molecular weight is 297 g/mol. The third kappa shape index (κ3) is 11.1. The van der Waals surface area contributed by atoms with Gasteiger partial charge >= 0.3 is 13.6 Å². The average Bonchev–Trinajstić information content (AvgIpc) is 2.19. The molecule has 1 atom stereocenters. The Labute approximate surface area is 113 Å². The normalized spacial score (nSPS) is 15.2. The Morgan fingerprint density at radius 1 is 1.16 bits per heavy atom. The summed E-state index contributed by atoms with van der Waals surface area (Å²) in [5.41, 5.74) is 0. The molecule has 8 heteroatoms. The maximum absolute atomic E-state index is 12.1. The quantitative estimate of drug-likeness (QED) is 0.232. The number of hydrogen-bond acceptors (Lipinski definition) is 3. The molecule has 0 aliphatic carbocycles. The summed E-state index contributed by atoms with van der Waals surface area (Å²) in [6, 6.07) is 0. The molecule has 0 fully saturated rings. The first-order chi connectivity index (χ1) is 8.68. The highest BCUT2D eigenvalue weighted by Crippen LogP contribution is 2.38. The molecule has 0 aliphatic rings. The van der Waals surface area contributed by atoms with Gasteiger partial charge in [0.25, 0.3) is 0 Å². The molecule has 3 N–H and O–H groups in total. The zero-order valence-electron chi connectivity index (χ0n) is 11.3. The Hall–Kier alpha value is -0.460. The number of rotatable bonds is 11. The molecule has 0 spiro atoms. The smallest absolute Gasteiger partial charge is 0.379 e. The van der Waals surface area contributed by atoms with E-state index >= 15 is 0 Å². The minimum absolute atomic E-state index is 0.0659. The van der Waals surface area contributed by atoms with Gasteiger partial charge in [-0.25, -0.2) is 4.79 Å². The summed E-state index contributed by atoms with van der Waals surface area (Å²) < 4.78 is 9.53. The lowest BCUT2D eigenvalue weighted by Gasteiger charge is -2.41. The van der Waals surface area contributed by atoms with Gasteiger partial charge in [-0.05, 0) is 12.8 Å². The Balaban J connectivity index is 4.20. The van der Waals surface area contributed by atoms with Crippen molar-refractivity contribution in [2.75, 3.05) is 19.4 Å². The van der Waals surface area contributed by atoms with Gasteiger partial charge in [-0.15, -0.1) is 0 Å². The van der Waals surface area contributed by atoms with Crippen LogP contribution >= 0.6 is 7.60 Å². The summed E-state index contributed by atoms with van der Waals surface area (Å²) in [4.78, 5) is 28.3. The van der Waals surface area contributed by atoms with Gasteiger partial charge in [-0.1, -0.05) is 32.6 Å². The van der Waals surface area contributed by atoms with Gasteiger partial charge in [0.2, 0.25) is 0 Å². The minimum atomic E-state index is -4.51. The number of carboxylic acids is 1. The van der Waals surface area contributed by atoms with Crippen molar-refractivity contribution in [3.8, 4) is 0 Å². The third-order valence-corrected chi connectivity index (χ3v) is 3.67. The second-order valence-electron chi connectivity index (χ2n) is 4.91. The highest BCUT2D eigenvalue weighted by Gasteiger charge is 2.30. The lowest BCUT2D eigenvalue weighted by atomic mass is 10.1. The number of hydrogen-bond donors (Lipinski definition) is 3. The van der Waals surface area contributed by atoms with Crippen LogP contribution < -0.4 is 0 Å². The molecule has 7 nitrogen and oxygen atoms in total. The summed E-state index contributed by atoms with van der Waals surface area (Å²) in [5, 5.41) is 20.7. The highest BCUT2D eigenvalue weighted by molar-refractivity contribution is 7.51. The van der Waals surface area contributed by atoms with Crippen LogP contribution in [0.15, 0.2) is 0 Å². The summed E-state index contributed by atoms with van der Waals surface area (Å²) in [5.74, 6) is -1.34. The topological polar surface area (TPSA) is 118 Å². The molecule has 0 aromatic heterocycles. The molecule has 0 radical (unpaired) electrons. The molecular weight excluding hydrogens is 273 g/mol. The van der Waals surface area contributed by atoms with Crippen LogP contribution in [0, 0.1) is 5.21 Å². The molecule has 0 amide bonds. The zero-order chi connectivity index (χ0) is 14.9. The molecule has 0 heterocycles. The largest absolute Gasteiger partial charge is 0.632 e. The van der Waals surface area contributed by atoms with Crippen molar-refractivity contribution in [2.45, 2.75) is 45.4 Å². The maximum Gasteiger partial charge on any atom is 0.379 e. The van der Waals surface area contributed by atoms with Gasteiger partial charge < -0.3 is 24.7 Å². The SMILES string of the molecule is CCCCCCCC[N+]([O-])(CC(=O)O)CP(=O)(O)O. The van der Waals surface area contributed by atoms with E-state index in [0.717, 1.165) is 32.1 Å². The summed E-state index contributed by atoms with van der Waals surface area (Å²) in [6.07, 6.45) is 4.55. The fourth-order valence-electron chi connectivity index (χ4n) is 1.96. The van der Waals surface area contributed by atoms with Crippen LogP contribution in [0.3, 0.4) is 0 Å². The first kappa shape index (κ1) is 18.5. The van der Waals surface area contributed by atoms with Crippen LogP contribution in [-0.2, 0) is 9.36 Å². The van der Waals surface area contributed by atoms with E-state index in [2.05, 4.69) is 6.92 Å². The molecule has 0 aliphatic heterocycles. The number of carbonyl (C=O) groups is 1. The number of hydroxylamine groups is 3. The van der Waals surface area contributed by atoms with Crippen LogP contribution in [0.25, 0.3) is 0 Å². The lowest BCUT2D eigenvalue weighted by molar-refractivity contribution is -0.863. The van der Waals surface area contributed by atoms with Gasteiger partial charge in [-0.2, -0.15) is 0 Å². The molecule has 0 aromatic rings. The van der Waals surface area contributed by atoms with Crippen molar-refractivity contribution in [3.05, 3.63) is 5.21 Å². The van der Waals surface area contributed by atoms with Gasteiger partial charge in [0.05, 0.1) is 6.54 Å². The first-order valence-electron chi connectivity index (χ1n) is 6.52. The van der Waals surface area contributed by atoms with E-state index < -0.39 is 31.0 Å². The molecular formula is C11H24NO6P. The maximum atomic E-state index is 12.1. The Bertz CT molecular complexity index is 318. The molecule has 114 valence electrons. The fraction of sp³-hybridized carbons (Fsp3) is 0.909. The molecule has 0 aromatic carbocycles. The van der Waals surface area contributed by atoms with Crippen molar-refractivity contribution in [1.29, 1.82) is 0 Å². The number of quaternary nitrogens is 1. The van der Waals surface area contributed by atoms with Crippen LogP contribution in [0.1, 0.15) is 45.4 Å². The van der Waals surface area contributed by atoms with E-state index in [1.54, 1.807) is 0 Å². The first-order valence-corrected chi connectivity index (χ1v) is 8.32. The van der Waals surface area contributed by atoms with Gasteiger partial charge in [-0.3, -0.25) is 4.57 Å². The number of unbranched alkanes of at least 4 members (excludes halogenated alkanes) is 5. The molecule has 0 rings (SSSR count). The van der Waals surface area contributed by atoms with E-state index in [9.17, 15) is 14.6 Å². The van der Waals surface area contributed by atoms with Crippen LogP contribution in [0.2, 0.25) is 0 Å². The van der Waals surface area contributed by atoms with E-state index in [1.165, 1.54) is 0 Å². The van der Waals surface area contributed by atoms with Crippen LogP contribution in [0.4, 0.5) is 0 Å². The number of carboxylic acid groups (broad SMARTS) is 1. The second-order valence-corrected chi connectivity index (χ2v) is 6.52. The summed E-state index contributed by atoms with van der Waals surface area (Å²) in [6.45, 7) is 1.22. The van der Waals surface area contributed by atoms with Crippen molar-refractivity contribution in [1.82, 2.24) is 0 Å². The monoisotopic (exact) mass is 297 g/mol. The van der Waals surface area contributed by atoms with Crippen molar-refractivity contribution >= 4 is 13.6 Å². The van der Waals surface area contributed by atoms with E-state index in [4.69, 9.17) is 14.9 Å². The van der Waals surface area contributed by atoms with E-state index in [-0.39, 0.29) is 6.54 Å².